The van der Waals surface area contributed by atoms with E-state index in [1.165, 1.54) is 12.8 Å². The number of rotatable bonds is 4. The minimum Gasteiger partial charge on any atom is -0.373 e. The molecule has 4 nitrogen and oxygen atoms in total. The first-order valence-corrected chi connectivity index (χ1v) is 7.76. The molecule has 2 rings (SSSR count). The summed E-state index contributed by atoms with van der Waals surface area (Å²) in [6.07, 6.45) is 2.54. The van der Waals surface area contributed by atoms with Crippen LogP contribution in [0.15, 0.2) is 0 Å². The molecule has 4 heteroatoms. The van der Waals surface area contributed by atoms with Crippen molar-refractivity contribution in [3.05, 3.63) is 11.4 Å². The lowest BCUT2D eigenvalue weighted by Gasteiger charge is -2.23. The van der Waals surface area contributed by atoms with E-state index in [2.05, 4.69) is 50.2 Å². The van der Waals surface area contributed by atoms with Crippen molar-refractivity contribution in [3.8, 4) is 0 Å². The predicted molar refractivity (Wildman–Crippen MR) is 85.4 cm³/mol. The lowest BCUT2D eigenvalue weighted by molar-refractivity contribution is 0.435. The highest BCUT2D eigenvalue weighted by Gasteiger charge is 2.30. The maximum absolute atomic E-state index is 4.74. The summed E-state index contributed by atoms with van der Waals surface area (Å²) >= 11 is 0. The lowest BCUT2D eigenvalue weighted by atomic mass is 9.98. The Kier molecular flexibility index (Phi) is 4.51. The smallest absolute Gasteiger partial charge is 0.135 e. The molecule has 3 atom stereocenters. The van der Waals surface area contributed by atoms with E-state index in [1.807, 2.05) is 7.05 Å². The molecule has 0 aliphatic heterocycles. The van der Waals surface area contributed by atoms with Gasteiger partial charge in [0, 0.05) is 24.6 Å². The number of aromatic nitrogens is 2. The predicted octanol–water partition coefficient (Wildman–Crippen LogP) is 3.80. The van der Waals surface area contributed by atoms with Crippen LogP contribution in [0.3, 0.4) is 0 Å². The molecule has 1 aromatic rings. The van der Waals surface area contributed by atoms with E-state index in [9.17, 15) is 0 Å². The van der Waals surface area contributed by atoms with Crippen LogP contribution in [0.1, 0.15) is 57.8 Å². The van der Waals surface area contributed by atoms with Crippen molar-refractivity contribution in [2.75, 3.05) is 17.7 Å². The van der Waals surface area contributed by atoms with Crippen LogP contribution in [-0.2, 0) is 0 Å². The number of hydrogen-bond acceptors (Lipinski definition) is 4. The maximum Gasteiger partial charge on any atom is 0.135 e. The van der Waals surface area contributed by atoms with E-state index in [0.29, 0.717) is 17.9 Å². The second kappa shape index (κ2) is 5.98. The first-order chi connectivity index (χ1) is 9.43. The van der Waals surface area contributed by atoms with Crippen LogP contribution < -0.4 is 10.6 Å². The molecular weight excluding hydrogens is 248 g/mol. The van der Waals surface area contributed by atoms with Crippen molar-refractivity contribution in [2.45, 2.75) is 59.4 Å². The van der Waals surface area contributed by atoms with E-state index >= 15 is 0 Å². The third-order valence-corrected chi connectivity index (χ3v) is 4.70. The van der Waals surface area contributed by atoms with Crippen molar-refractivity contribution < 1.29 is 0 Å². The number of nitrogens with zero attached hydrogens (tertiary/aromatic N) is 2. The average Bonchev–Trinajstić information content (AvgIpc) is 2.72. The van der Waals surface area contributed by atoms with Gasteiger partial charge in [-0.25, -0.2) is 9.97 Å². The molecule has 0 bridgehead atoms. The second-order valence-corrected chi connectivity index (χ2v) is 6.47. The standard InChI is InChI=1S/C16H28N4/c1-9(2)14-19-15(17-6)12(5)16(20-14)18-13-8-7-10(3)11(13)4/h9-11,13H,7-8H2,1-6H3,(H2,17,18,19,20). The SMILES string of the molecule is CNc1nc(C(C)C)nc(NC2CCC(C)C2C)c1C. The largest absolute Gasteiger partial charge is 0.373 e. The zero-order chi connectivity index (χ0) is 14.9. The number of anilines is 2. The van der Waals surface area contributed by atoms with Crippen molar-refractivity contribution in [2.24, 2.45) is 11.8 Å². The highest BCUT2D eigenvalue weighted by atomic mass is 15.1. The Labute approximate surface area is 122 Å². The van der Waals surface area contributed by atoms with Crippen LogP contribution in [0.5, 0.6) is 0 Å². The molecule has 1 aliphatic rings. The van der Waals surface area contributed by atoms with Crippen LogP contribution in [0.25, 0.3) is 0 Å². The molecule has 0 radical (unpaired) electrons. The normalized spacial score (nSPS) is 26.1. The van der Waals surface area contributed by atoms with Gasteiger partial charge in [-0.05, 0) is 31.6 Å². The first kappa shape index (κ1) is 15.1. The molecule has 0 saturated heterocycles. The van der Waals surface area contributed by atoms with Gasteiger partial charge in [-0.2, -0.15) is 0 Å². The van der Waals surface area contributed by atoms with Gasteiger partial charge in [0.25, 0.3) is 0 Å². The van der Waals surface area contributed by atoms with Gasteiger partial charge >= 0.3 is 0 Å². The Hall–Kier alpha value is -1.32. The fourth-order valence-electron chi connectivity index (χ4n) is 2.92. The Morgan fingerprint density at radius 3 is 2.25 bits per heavy atom. The van der Waals surface area contributed by atoms with Gasteiger partial charge in [-0.3, -0.25) is 0 Å². The lowest BCUT2D eigenvalue weighted by Crippen LogP contribution is -2.25. The average molecular weight is 276 g/mol. The van der Waals surface area contributed by atoms with Crippen LogP contribution in [0, 0.1) is 18.8 Å². The summed E-state index contributed by atoms with van der Waals surface area (Å²) in [5.41, 5.74) is 1.11. The molecule has 0 aromatic carbocycles. The first-order valence-electron chi connectivity index (χ1n) is 7.76. The van der Waals surface area contributed by atoms with Gasteiger partial charge in [0.05, 0.1) is 0 Å². The molecule has 0 amide bonds. The van der Waals surface area contributed by atoms with Crippen molar-refractivity contribution in [3.63, 3.8) is 0 Å². The molecule has 1 saturated carbocycles. The quantitative estimate of drug-likeness (QED) is 0.878. The molecule has 0 spiro atoms. The third-order valence-electron chi connectivity index (χ3n) is 4.70. The van der Waals surface area contributed by atoms with Crippen LogP contribution in [0.4, 0.5) is 11.6 Å². The molecule has 2 N–H and O–H groups in total. The van der Waals surface area contributed by atoms with E-state index in [-0.39, 0.29) is 0 Å². The zero-order valence-electron chi connectivity index (χ0n) is 13.6. The van der Waals surface area contributed by atoms with E-state index in [0.717, 1.165) is 28.9 Å². The Morgan fingerprint density at radius 2 is 1.75 bits per heavy atom. The van der Waals surface area contributed by atoms with Crippen molar-refractivity contribution >= 4 is 11.6 Å². The van der Waals surface area contributed by atoms with Gasteiger partial charge in [0.1, 0.15) is 17.5 Å². The van der Waals surface area contributed by atoms with Gasteiger partial charge < -0.3 is 10.6 Å². The van der Waals surface area contributed by atoms with E-state index in [1.54, 1.807) is 0 Å². The highest BCUT2D eigenvalue weighted by molar-refractivity contribution is 5.57. The zero-order valence-corrected chi connectivity index (χ0v) is 13.6. The van der Waals surface area contributed by atoms with Crippen LogP contribution in [-0.4, -0.2) is 23.1 Å². The molecular formula is C16H28N4. The van der Waals surface area contributed by atoms with Crippen LogP contribution in [0.2, 0.25) is 0 Å². The summed E-state index contributed by atoms with van der Waals surface area (Å²) in [7, 11) is 1.92. The fourth-order valence-corrected chi connectivity index (χ4v) is 2.92. The molecule has 112 valence electrons. The molecule has 1 aliphatic carbocycles. The monoisotopic (exact) mass is 276 g/mol. The number of nitrogens with one attached hydrogen (secondary N) is 2. The fraction of sp³-hybridized carbons (Fsp3) is 0.750. The highest BCUT2D eigenvalue weighted by Crippen LogP contribution is 2.34. The summed E-state index contributed by atoms with van der Waals surface area (Å²) in [5, 5.41) is 6.85. The van der Waals surface area contributed by atoms with Gasteiger partial charge in [0.2, 0.25) is 0 Å². The third kappa shape index (κ3) is 2.89. The second-order valence-electron chi connectivity index (χ2n) is 6.47. The van der Waals surface area contributed by atoms with Crippen molar-refractivity contribution in [1.29, 1.82) is 0 Å². The Balaban J connectivity index is 2.28. The van der Waals surface area contributed by atoms with Gasteiger partial charge in [-0.15, -0.1) is 0 Å². The summed E-state index contributed by atoms with van der Waals surface area (Å²) in [6.45, 7) is 11.0. The minimum atomic E-state index is 0.336. The Bertz CT molecular complexity index is 470. The molecule has 1 fully saturated rings. The summed E-state index contributed by atoms with van der Waals surface area (Å²) in [4.78, 5) is 9.34. The van der Waals surface area contributed by atoms with Gasteiger partial charge in [0.15, 0.2) is 0 Å². The van der Waals surface area contributed by atoms with Crippen LogP contribution >= 0.6 is 0 Å². The van der Waals surface area contributed by atoms with Crippen molar-refractivity contribution in [1.82, 2.24) is 9.97 Å². The maximum atomic E-state index is 4.74. The molecule has 1 heterocycles. The molecule has 1 aromatic heterocycles. The summed E-state index contributed by atoms with van der Waals surface area (Å²) in [6, 6.07) is 0.531. The summed E-state index contributed by atoms with van der Waals surface area (Å²) < 4.78 is 0. The summed E-state index contributed by atoms with van der Waals surface area (Å²) in [5.74, 6) is 4.67. The van der Waals surface area contributed by atoms with E-state index < -0.39 is 0 Å². The van der Waals surface area contributed by atoms with E-state index in [4.69, 9.17) is 4.98 Å². The topological polar surface area (TPSA) is 49.8 Å². The Morgan fingerprint density at radius 1 is 1.10 bits per heavy atom. The molecule has 20 heavy (non-hydrogen) atoms. The number of hydrogen-bond donors (Lipinski definition) is 2. The minimum absolute atomic E-state index is 0.336. The van der Waals surface area contributed by atoms with Gasteiger partial charge in [-0.1, -0.05) is 27.7 Å². The molecule has 3 unspecified atom stereocenters.